The zero-order valence-corrected chi connectivity index (χ0v) is 13.7. The number of amides is 2. The minimum atomic E-state index is -0.291. The molecule has 2 aromatic rings. The summed E-state index contributed by atoms with van der Waals surface area (Å²) in [5.41, 5.74) is 1.92. The summed E-state index contributed by atoms with van der Waals surface area (Å²) in [6.45, 7) is 3.07. The minimum absolute atomic E-state index is 0.0512. The topological polar surface area (TPSA) is 62.3 Å². The number of nitrogens with one attached hydrogen (secondary N) is 1. The van der Waals surface area contributed by atoms with E-state index in [2.05, 4.69) is 10.3 Å². The fourth-order valence-corrected chi connectivity index (χ4v) is 3.06. The van der Waals surface area contributed by atoms with Gasteiger partial charge < -0.3 is 10.2 Å². The van der Waals surface area contributed by atoms with Crippen LogP contribution in [-0.2, 0) is 9.59 Å². The lowest BCUT2D eigenvalue weighted by molar-refractivity contribution is -0.129. The van der Waals surface area contributed by atoms with Crippen molar-refractivity contribution < 1.29 is 9.59 Å². The molecule has 124 valence electrons. The number of rotatable bonds is 5. The SMILES string of the molecule is CCN1CC(C(=O)NC(c2ccccc2)c2cccnc2)CC1=O. The van der Waals surface area contributed by atoms with E-state index in [1.165, 1.54) is 0 Å². The third kappa shape index (κ3) is 3.45. The number of pyridine rings is 1. The molecule has 1 fully saturated rings. The van der Waals surface area contributed by atoms with E-state index in [1.54, 1.807) is 17.3 Å². The van der Waals surface area contributed by atoms with E-state index in [9.17, 15) is 9.59 Å². The zero-order chi connectivity index (χ0) is 16.9. The maximum absolute atomic E-state index is 12.7. The summed E-state index contributed by atoms with van der Waals surface area (Å²) in [6, 6.07) is 13.3. The summed E-state index contributed by atoms with van der Waals surface area (Å²) in [6.07, 6.45) is 3.76. The quantitative estimate of drug-likeness (QED) is 0.917. The second-order valence-electron chi connectivity index (χ2n) is 5.97. The molecule has 1 aromatic carbocycles. The van der Waals surface area contributed by atoms with Crippen molar-refractivity contribution >= 4 is 11.8 Å². The van der Waals surface area contributed by atoms with Gasteiger partial charge in [-0.3, -0.25) is 14.6 Å². The van der Waals surface area contributed by atoms with Crippen LogP contribution in [0.2, 0.25) is 0 Å². The van der Waals surface area contributed by atoms with Crippen LogP contribution in [0.3, 0.4) is 0 Å². The number of carbonyl (C=O) groups is 2. The van der Waals surface area contributed by atoms with Crippen molar-refractivity contribution in [3.8, 4) is 0 Å². The molecule has 2 amide bonds. The van der Waals surface area contributed by atoms with Crippen molar-refractivity contribution in [3.05, 3.63) is 66.0 Å². The molecule has 5 heteroatoms. The number of carbonyl (C=O) groups excluding carboxylic acids is 2. The van der Waals surface area contributed by atoms with Crippen LogP contribution in [0.25, 0.3) is 0 Å². The number of nitrogens with zero attached hydrogens (tertiary/aromatic N) is 2. The smallest absolute Gasteiger partial charge is 0.226 e. The van der Waals surface area contributed by atoms with Gasteiger partial charge in [0.2, 0.25) is 11.8 Å². The highest BCUT2D eigenvalue weighted by atomic mass is 16.2. The fraction of sp³-hybridized carbons (Fsp3) is 0.316. The van der Waals surface area contributed by atoms with E-state index in [-0.39, 0.29) is 30.2 Å². The predicted molar refractivity (Wildman–Crippen MR) is 91.0 cm³/mol. The Morgan fingerprint density at radius 1 is 1.25 bits per heavy atom. The Kier molecular flexibility index (Phi) is 4.89. The lowest BCUT2D eigenvalue weighted by Gasteiger charge is -2.21. The summed E-state index contributed by atoms with van der Waals surface area (Å²) >= 11 is 0. The standard InChI is InChI=1S/C19H21N3O2/c1-2-22-13-16(11-17(22)23)19(24)21-18(14-7-4-3-5-8-14)15-9-6-10-20-12-15/h3-10,12,16,18H,2,11,13H2,1H3,(H,21,24). The number of benzene rings is 1. The highest BCUT2D eigenvalue weighted by Crippen LogP contribution is 2.24. The Balaban J connectivity index is 1.80. The van der Waals surface area contributed by atoms with Gasteiger partial charge in [-0.25, -0.2) is 0 Å². The van der Waals surface area contributed by atoms with E-state index >= 15 is 0 Å². The summed E-state index contributed by atoms with van der Waals surface area (Å²) in [7, 11) is 0. The van der Waals surface area contributed by atoms with E-state index in [0.29, 0.717) is 13.1 Å². The van der Waals surface area contributed by atoms with Gasteiger partial charge in [-0.2, -0.15) is 0 Å². The molecule has 1 saturated heterocycles. The first-order valence-electron chi connectivity index (χ1n) is 8.22. The number of hydrogen-bond acceptors (Lipinski definition) is 3. The Morgan fingerprint density at radius 3 is 2.62 bits per heavy atom. The Bertz CT molecular complexity index is 664. The van der Waals surface area contributed by atoms with E-state index in [1.807, 2.05) is 49.4 Å². The third-order valence-corrected chi connectivity index (χ3v) is 4.40. The summed E-state index contributed by atoms with van der Waals surface area (Å²) in [5.74, 6) is -0.326. The number of hydrogen-bond donors (Lipinski definition) is 1. The maximum atomic E-state index is 12.7. The Labute approximate surface area is 141 Å². The number of aromatic nitrogens is 1. The van der Waals surface area contributed by atoms with Gasteiger partial charge in [-0.15, -0.1) is 0 Å². The lowest BCUT2D eigenvalue weighted by atomic mass is 9.98. The second-order valence-corrected chi connectivity index (χ2v) is 5.97. The Morgan fingerprint density at radius 2 is 2.00 bits per heavy atom. The van der Waals surface area contributed by atoms with Crippen LogP contribution < -0.4 is 5.32 Å². The molecule has 0 radical (unpaired) electrons. The maximum Gasteiger partial charge on any atom is 0.226 e. The highest BCUT2D eigenvalue weighted by Gasteiger charge is 2.34. The molecule has 0 aliphatic carbocycles. The molecule has 1 N–H and O–H groups in total. The normalized spacial score (nSPS) is 18.5. The molecule has 2 heterocycles. The molecule has 0 spiro atoms. The van der Waals surface area contributed by atoms with Crippen LogP contribution in [0.5, 0.6) is 0 Å². The molecule has 2 atom stereocenters. The van der Waals surface area contributed by atoms with Gasteiger partial charge in [-0.05, 0) is 24.1 Å². The third-order valence-electron chi connectivity index (χ3n) is 4.40. The fourth-order valence-electron chi connectivity index (χ4n) is 3.06. The first kappa shape index (κ1) is 16.2. The number of likely N-dealkylation sites (tertiary alicyclic amines) is 1. The van der Waals surface area contributed by atoms with E-state index < -0.39 is 0 Å². The summed E-state index contributed by atoms with van der Waals surface area (Å²) < 4.78 is 0. The zero-order valence-electron chi connectivity index (χ0n) is 13.7. The van der Waals surface area contributed by atoms with Crippen LogP contribution in [0.4, 0.5) is 0 Å². The molecule has 1 aliphatic rings. The van der Waals surface area contributed by atoms with Gasteiger partial charge in [0.1, 0.15) is 0 Å². The first-order valence-corrected chi connectivity index (χ1v) is 8.22. The van der Waals surface area contributed by atoms with Crippen LogP contribution in [0, 0.1) is 5.92 Å². The van der Waals surface area contributed by atoms with Crippen molar-refractivity contribution in [3.63, 3.8) is 0 Å². The monoisotopic (exact) mass is 323 g/mol. The molecule has 3 rings (SSSR count). The van der Waals surface area contributed by atoms with Gasteiger partial charge in [0.25, 0.3) is 0 Å². The molecule has 5 nitrogen and oxygen atoms in total. The van der Waals surface area contributed by atoms with Gasteiger partial charge in [-0.1, -0.05) is 36.4 Å². The van der Waals surface area contributed by atoms with E-state index in [4.69, 9.17) is 0 Å². The van der Waals surface area contributed by atoms with Gasteiger partial charge in [0.05, 0.1) is 12.0 Å². The average Bonchev–Trinajstić information content (AvgIpc) is 3.02. The Hall–Kier alpha value is -2.69. The van der Waals surface area contributed by atoms with Gasteiger partial charge in [0.15, 0.2) is 0 Å². The minimum Gasteiger partial charge on any atom is -0.345 e. The molecule has 0 saturated carbocycles. The van der Waals surface area contributed by atoms with Crippen LogP contribution in [0.15, 0.2) is 54.9 Å². The molecular weight excluding hydrogens is 302 g/mol. The predicted octanol–water partition coefficient (Wildman–Crippen LogP) is 2.16. The lowest BCUT2D eigenvalue weighted by Crippen LogP contribution is -2.36. The van der Waals surface area contributed by atoms with Crippen molar-refractivity contribution in [2.45, 2.75) is 19.4 Å². The van der Waals surface area contributed by atoms with Crippen molar-refractivity contribution in [1.29, 1.82) is 0 Å². The van der Waals surface area contributed by atoms with Crippen LogP contribution >= 0.6 is 0 Å². The van der Waals surface area contributed by atoms with Crippen molar-refractivity contribution in [1.82, 2.24) is 15.2 Å². The summed E-state index contributed by atoms with van der Waals surface area (Å²) in [4.78, 5) is 30.5. The largest absolute Gasteiger partial charge is 0.345 e. The molecule has 0 bridgehead atoms. The first-order chi connectivity index (χ1) is 11.7. The van der Waals surface area contributed by atoms with Crippen LogP contribution in [0.1, 0.15) is 30.5 Å². The van der Waals surface area contributed by atoms with Gasteiger partial charge in [0, 0.05) is 31.9 Å². The van der Waals surface area contributed by atoms with Crippen LogP contribution in [-0.4, -0.2) is 34.8 Å². The van der Waals surface area contributed by atoms with E-state index in [0.717, 1.165) is 11.1 Å². The van der Waals surface area contributed by atoms with Crippen molar-refractivity contribution in [2.24, 2.45) is 5.92 Å². The average molecular weight is 323 g/mol. The molecule has 1 aliphatic heterocycles. The van der Waals surface area contributed by atoms with Crippen molar-refractivity contribution in [2.75, 3.05) is 13.1 Å². The molecule has 24 heavy (non-hydrogen) atoms. The highest BCUT2D eigenvalue weighted by molar-refractivity contribution is 5.89. The molecule has 1 aromatic heterocycles. The second kappa shape index (κ2) is 7.25. The summed E-state index contributed by atoms with van der Waals surface area (Å²) in [5, 5.41) is 3.10. The molecule has 2 unspecified atom stereocenters. The van der Waals surface area contributed by atoms with Gasteiger partial charge >= 0.3 is 0 Å². The molecular formula is C19H21N3O2.